The Morgan fingerprint density at radius 2 is 1.67 bits per heavy atom. The Balaban J connectivity index is 1.74. The fourth-order valence-corrected chi connectivity index (χ4v) is 4.05. The lowest BCUT2D eigenvalue weighted by atomic mass is 9.72. The van der Waals surface area contributed by atoms with Crippen molar-refractivity contribution < 1.29 is 5.11 Å². The van der Waals surface area contributed by atoms with Gasteiger partial charge in [-0.05, 0) is 36.5 Å². The zero-order valence-corrected chi connectivity index (χ0v) is 12.4. The zero-order valence-electron chi connectivity index (χ0n) is 12.4. The Kier molecular flexibility index (Phi) is 4.71. The zero-order chi connectivity index (χ0) is 13.1. The maximum absolute atomic E-state index is 8.95. The third-order valence-corrected chi connectivity index (χ3v) is 4.95. The second kappa shape index (κ2) is 5.92. The first kappa shape index (κ1) is 14.3. The summed E-state index contributed by atoms with van der Waals surface area (Å²) >= 11 is 0. The van der Waals surface area contributed by atoms with E-state index in [9.17, 15) is 0 Å². The van der Waals surface area contributed by atoms with Crippen LogP contribution in [0.2, 0.25) is 0 Å². The van der Waals surface area contributed by atoms with E-state index in [1.807, 2.05) is 0 Å². The predicted octanol–water partition coefficient (Wildman–Crippen LogP) is 3.44. The molecule has 2 heteroatoms. The first-order chi connectivity index (χ1) is 8.55. The minimum atomic E-state index is 0.341. The molecule has 0 amide bonds. The number of rotatable bonds is 5. The molecule has 0 aromatic rings. The number of aliphatic hydroxyl groups excluding tert-OH is 1. The summed E-state index contributed by atoms with van der Waals surface area (Å²) in [7, 11) is 0. The van der Waals surface area contributed by atoms with E-state index >= 15 is 0 Å². The van der Waals surface area contributed by atoms with Gasteiger partial charge in [0, 0.05) is 26.2 Å². The van der Waals surface area contributed by atoms with E-state index in [4.69, 9.17) is 5.11 Å². The van der Waals surface area contributed by atoms with Crippen molar-refractivity contribution in [3.05, 3.63) is 0 Å². The normalized spacial score (nSPS) is 24.8. The molecule has 2 rings (SSSR count). The molecule has 1 aliphatic carbocycles. The summed E-state index contributed by atoms with van der Waals surface area (Å²) in [5.74, 6) is 0. The highest BCUT2D eigenvalue weighted by Gasteiger charge is 2.43. The van der Waals surface area contributed by atoms with Crippen LogP contribution in [0.25, 0.3) is 0 Å². The lowest BCUT2D eigenvalue weighted by Crippen LogP contribution is -2.58. The molecule has 2 aliphatic rings. The number of likely N-dealkylation sites (tertiary alicyclic amines) is 1. The van der Waals surface area contributed by atoms with Crippen molar-refractivity contribution >= 4 is 0 Å². The molecule has 0 bridgehead atoms. The molecule has 0 unspecified atom stereocenters. The topological polar surface area (TPSA) is 23.5 Å². The number of aliphatic hydroxyl groups is 1. The highest BCUT2D eigenvalue weighted by molar-refractivity contribution is 4.97. The summed E-state index contributed by atoms with van der Waals surface area (Å²) in [4.78, 5) is 2.66. The third kappa shape index (κ3) is 3.71. The molecule has 1 spiro atoms. The van der Waals surface area contributed by atoms with Crippen molar-refractivity contribution in [3.63, 3.8) is 0 Å². The van der Waals surface area contributed by atoms with Crippen LogP contribution in [0.4, 0.5) is 0 Å². The first-order valence-corrected chi connectivity index (χ1v) is 7.89. The van der Waals surface area contributed by atoms with Crippen LogP contribution in [0.15, 0.2) is 0 Å². The molecule has 2 nitrogen and oxygen atoms in total. The van der Waals surface area contributed by atoms with Gasteiger partial charge < -0.3 is 10.0 Å². The molecule has 1 heterocycles. The minimum Gasteiger partial charge on any atom is -0.396 e. The maximum Gasteiger partial charge on any atom is 0.0431 e. The van der Waals surface area contributed by atoms with E-state index in [1.54, 1.807) is 0 Å². The second-order valence-electron chi connectivity index (χ2n) is 7.55. The SMILES string of the molecule is CC(C)(CCCO)CN1CC2(CCCCCC2)C1. The molecule has 0 aromatic heterocycles. The van der Waals surface area contributed by atoms with Gasteiger partial charge in [0.1, 0.15) is 0 Å². The van der Waals surface area contributed by atoms with Crippen molar-refractivity contribution in [1.82, 2.24) is 4.90 Å². The molecule has 2 fully saturated rings. The molecule has 1 saturated heterocycles. The Labute approximate surface area is 113 Å². The number of hydrogen-bond donors (Lipinski definition) is 1. The smallest absolute Gasteiger partial charge is 0.0431 e. The van der Waals surface area contributed by atoms with Gasteiger partial charge in [-0.25, -0.2) is 0 Å². The summed E-state index contributed by atoms with van der Waals surface area (Å²) in [5.41, 5.74) is 1.07. The van der Waals surface area contributed by atoms with Crippen LogP contribution in [0.3, 0.4) is 0 Å². The van der Waals surface area contributed by atoms with E-state index in [0.29, 0.717) is 17.4 Å². The van der Waals surface area contributed by atoms with E-state index in [1.165, 1.54) is 58.2 Å². The Morgan fingerprint density at radius 1 is 1.06 bits per heavy atom. The molecule has 18 heavy (non-hydrogen) atoms. The van der Waals surface area contributed by atoms with Gasteiger partial charge in [-0.3, -0.25) is 0 Å². The second-order valence-corrected chi connectivity index (χ2v) is 7.55. The van der Waals surface area contributed by atoms with Gasteiger partial charge in [0.25, 0.3) is 0 Å². The van der Waals surface area contributed by atoms with Gasteiger partial charge in [0.15, 0.2) is 0 Å². The Hall–Kier alpha value is -0.0800. The molecule has 0 aromatic carbocycles. The lowest BCUT2D eigenvalue weighted by molar-refractivity contribution is -0.0347. The largest absolute Gasteiger partial charge is 0.396 e. The molecule has 0 radical (unpaired) electrons. The predicted molar refractivity (Wildman–Crippen MR) is 76.7 cm³/mol. The summed E-state index contributed by atoms with van der Waals surface area (Å²) < 4.78 is 0. The third-order valence-electron chi connectivity index (χ3n) is 4.95. The van der Waals surface area contributed by atoms with Gasteiger partial charge in [-0.2, -0.15) is 0 Å². The van der Waals surface area contributed by atoms with Crippen molar-refractivity contribution in [3.8, 4) is 0 Å². The Morgan fingerprint density at radius 3 is 2.22 bits per heavy atom. The van der Waals surface area contributed by atoms with Gasteiger partial charge in [-0.1, -0.05) is 39.5 Å². The fourth-order valence-electron chi connectivity index (χ4n) is 4.05. The molecule has 1 aliphatic heterocycles. The van der Waals surface area contributed by atoms with E-state index in [0.717, 1.165) is 12.8 Å². The van der Waals surface area contributed by atoms with Crippen LogP contribution >= 0.6 is 0 Å². The van der Waals surface area contributed by atoms with Crippen molar-refractivity contribution in [2.24, 2.45) is 10.8 Å². The van der Waals surface area contributed by atoms with Crippen molar-refractivity contribution in [1.29, 1.82) is 0 Å². The summed E-state index contributed by atoms with van der Waals surface area (Å²) in [5, 5.41) is 8.95. The van der Waals surface area contributed by atoms with Crippen LogP contribution in [-0.2, 0) is 0 Å². The average molecular weight is 253 g/mol. The van der Waals surface area contributed by atoms with Gasteiger partial charge in [-0.15, -0.1) is 0 Å². The Bertz CT molecular complexity index is 246. The molecule has 106 valence electrons. The monoisotopic (exact) mass is 253 g/mol. The van der Waals surface area contributed by atoms with E-state index in [-0.39, 0.29) is 0 Å². The highest BCUT2D eigenvalue weighted by atomic mass is 16.2. The van der Waals surface area contributed by atoms with Crippen LogP contribution in [0.1, 0.15) is 65.2 Å². The van der Waals surface area contributed by atoms with E-state index in [2.05, 4.69) is 18.7 Å². The maximum atomic E-state index is 8.95. The van der Waals surface area contributed by atoms with E-state index < -0.39 is 0 Å². The molecule has 0 atom stereocenters. The van der Waals surface area contributed by atoms with Gasteiger partial charge in [0.05, 0.1) is 0 Å². The standard InChI is InChI=1S/C16H31NO/c1-15(2,8-7-11-18)12-17-13-16(14-17)9-5-3-4-6-10-16/h18H,3-14H2,1-2H3. The number of hydrogen-bond acceptors (Lipinski definition) is 2. The fraction of sp³-hybridized carbons (Fsp3) is 1.00. The average Bonchev–Trinajstić information content (AvgIpc) is 2.51. The summed E-state index contributed by atoms with van der Waals surface area (Å²) in [6.07, 6.45) is 10.9. The van der Waals surface area contributed by atoms with Crippen LogP contribution in [-0.4, -0.2) is 36.2 Å². The quantitative estimate of drug-likeness (QED) is 0.811. The first-order valence-electron chi connectivity index (χ1n) is 7.89. The highest BCUT2D eigenvalue weighted by Crippen LogP contribution is 2.43. The van der Waals surface area contributed by atoms with Crippen LogP contribution in [0, 0.1) is 10.8 Å². The molecular weight excluding hydrogens is 222 g/mol. The lowest BCUT2D eigenvalue weighted by Gasteiger charge is -2.52. The summed E-state index contributed by atoms with van der Waals surface area (Å²) in [6.45, 7) is 8.94. The van der Waals surface area contributed by atoms with Crippen molar-refractivity contribution in [2.45, 2.75) is 65.2 Å². The van der Waals surface area contributed by atoms with Crippen LogP contribution < -0.4 is 0 Å². The van der Waals surface area contributed by atoms with Crippen molar-refractivity contribution in [2.75, 3.05) is 26.2 Å². The number of nitrogens with zero attached hydrogens (tertiary/aromatic N) is 1. The molecular formula is C16H31NO. The summed E-state index contributed by atoms with van der Waals surface area (Å²) in [6, 6.07) is 0. The minimum absolute atomic E-state index is 0.341. The van der Waals surface area contributed by atoms with Gasteiger partial charge >= 0.3 is 0 Å². The molecule has 1 N–H and O–H groups in total. The molecule has 1 saturated carbocycles. The van der Waals surface area contributed by atoms with Crippen LogP contribution in [0.5, 0.6) is 0 Å². The van der Waals surface area contributed by atoms with Gasteiger partial charge in [0.2, 0.25) is 0 Å².